The molecule has 79 valence electrons. The quantitative estimate of drug-likeness (QED) is 0.807. The van der Waals surface area contributed by atoms with Gasteiger partial charge in [-0.05, 0) is 21.8 Å². The summed E-state index contributed by atoms with van der Waals surface area (Å²) in [6.45, 7) is 2.55. The van der Waals surface area contributed by atoms with Crippen LogP contribution in [0.1, 0.15) is 25.5 Å². The van der Waals surface area contributed by atoms with Crippen LogP contribution in [0.4, 0.5) is 13.2 Å². The van der Waals surface area contributed by atoms with Gasteiger partial charge in [-0.3, -0.25) is 4.68 Å². The molecule has 0 fully saturated rings. The second kappa shape index (κ2) is 3.92. The van der Waals surface area contributed by atoms with E-state index in [9.17, 15) is 13.2 Å². The number of alkyl halides is 3. The minimum absolute atomic E-state index is 0.0227. The average molecular weight is 270 g/mol. The van der Waals surface area contributed by atoms with E-state index in [1.807, 2.05) is 13.8 Å². The van der Waals surface area contributed by atoms with E-state index in [2.05, 4.69) is 27.2 Å². The van der Waals surface area contributed by atoms with Gasteiger partial charge in [0.15, 0.2) is 0 Å². The van der Waals surface area contributed by atoms with Crippen molar-refractivity contribution in [3.8, 4) is 0 Å². The van der Waals surface area contributed by atoms with Crippen molar-refractivity contribution in [3.63, 3.8) is 0 Å². The summed E-state index contributed by atoms with van der Waals surface area (Å²) in [5.41, 5.74) is 0.516. The van der Waals surface area contributed by atoms with Crippen LogP contribution in [-0.4, -0.2) is 16.0 Å². The van der Waals surface area contributed by atoms with Gasteiger partial charge in [0.2, 0.25) is 0 Å². The summed E-state index contributed by atoms with van der Waals surface area (Å²) < 4.78 is 37.7. The highest BCUT2D eigenvalue weighted by Gasteiger charge is 2.30. The average Bonchev–Trinajstić information content (AvgIpc) is 2.27. The van der Waals surface area contributed by atoms with Crippen LogP contribution in [0.3, 0.4) is 0 Å². The predicted octanol–water partition coefficient (Wildman–Crippen LogP) is 3.13. The number of hydrogen-bond acceptors (Lipinski definition) is 1. The van der Waals surface area contributed by atoms with E-state index in [0.717, 1.165) is 4.68 Å². The first-order chi connectivity index (χ1) is 6.31. The van der Waals surface area contributed by atoms with Crippen LogP contribution >= 0.6 is 15.9 Å². The number of halogens is 4. The van der Waals surface area contributed by atoms with Crippen LogP contribution in [0.2, 0.25) is 0 Å². The second-order valence-electron chi connectivity index (χ2n) is 3.24. The van der Waals surface area contributed by atoms with E-state index in [0.29, 0.717) is 10.2 Å². The summed E-state index contributed by atoms with van der Waals surface area (Å²) in [5.74, 6) is -0.0227. The molecule has 0 amide bonds. The van der Waals surface area contributed by atoms with E-state index in [1.54, 1.807) is 0 Å². The Morgan fingerprint density at radius 3 is 2.50 bits per heavy atom. The van der Waals surface area contributed by atoms with Crippen molar-refractivity contribution < 1.29 is 13.2 Å². The van der Waals surface area contributed by atoms with Crippen molar-refractivity contribution in [1.29, 1.82) is 0 Å². The molecule has 0 saturated heterocycles. The highest BCUT2D eigenvalue weighted by molar-refractivity contribution is 9.10. The molecule has 0 saturated carbocycles. The Balaban J connectivity index is 2.98. The molecule has 0 unspecified atom stereocenters. The highest BCUT2D eigenvalue weighted by atomic mass is 79.9. The fourth-order valence-corrected chi connectivity index (χ4v) is 1.91. The second-order valence-corrected chi connectivity index (χ2v) is 4.03. The van der Waals surface area contributed by atoms with Crippen molar-refractivity contribution in [2.45, 2.75) is 32.5 Å². The molecule has 1 radical (unpaired) electrons. The van der Waals surface area contributed by atoms with Gasteiger partial charge >= 0.3 is 6.18 Å². The minimum atomic E-state index is -4.25. The van der Waals surface area contributed by atoms with Crippen LogP contribution in [0.5, 0.6) is 0 Å². The fourth-order valence-electron chi connectivity index (χ4n) is 1.17. The van der Waals surface area contributed by atoms with Crippen molar-refractivity contribution in [1.82, 2.24) is 9.78 Å². The summed E-state index contributed by atoms with van der Waals surface area (Å²) in [6, 6.07) is 0. The van der Waals surface area contributed by atoms with Crippen molar-refractivity contribution in [2.75, 3.05) is 0 Å². The Bertz CT molecular complexity index is 317. The molecule has 2 nitrogen and oxygen atoms in total. The Morgan fingerprint density at radius 1 is 1.50 bits per heavy atom. The van der Waals surface area contributed by atoms with Crippen molar-refractivity contribution in [2.24, 2.45) is 0 Å². The molecule has 0 aliphatic carbocycles. The molecule has 0 aliphatic rings. The smallest absolute Gasteiger partial charge is 0.258 e. The zero-order chi connectivity index (χ0) is 10.9. The van der Waals surface area contributed by atoms with Gasteiger partial charge in [0.25, 0.3) is 0 Å². The van der Waals surface area contributed by atoms with Gasteiger partial charge in [-0.25, -0.2) is 0 Å². The van der Waals surface area contributed by atoms with Gasteiger partial charge in [0.05, 0.1) is 10.2 Å². The number of aromatic nitrogens is 2. The zero-order valence-electron chi connectivity index (χ0n) is 7.69. The number of hydrogen-bond donors (Lipinski definition) is 0. The maximum atomic E-state index is 12.1. The lowest BCUT2D eigenvalue weighted by atomic mass is 10.1. The third-order valence-electron chi connectivity index (χ3n) is 1.65. The fraction of sp³-hybridized carbons (Fsp3) is 0.625. The van der Waals surface area contributed by atoms with Crippen molar-refractivity contribution in [3.05, 3.63) is 16.4 Å². The summed E-state index contributed by atoms with van der Waals surface area (Å²) in [4.78, 5) is 0. The third-order valence-corrected chi connectivity index (χ3v) is 2.23. The van der Waals surface area contributed by atoms with E-state index >= 15 is 0 Å². The molecule has 1 heterocycles. The number of nitrogens with zero attached hydrogens (tertiary/aromatic N) is 2. The lowest BCUT2D eigenvalue weighted by Crippen LogP contribution is -2.20. The van der Waals surface area contributed by atoms with E-state index < -0.39 is 12.7 Å². The van der Waals surface area contributed by atoms with Crippen LogP contribution in [0.25, 0.3) is 0 Å². The third kappa shape index (κ3) is 2.73. The molecule has 14 heavy (non-hydrogen) atoms. The molecule has 0 bridgehead atoms. The van der Waals surface area contributed by atoms with Crippen molar-refractivity contribution >= 4 is 15.9 Å². The van der Waals surface area contributed by atoms with Gasteiger partial charge in [0, 0.05) is 0 Å². The molecular formula is C8H9BrF3N2. The van der Waals surface area contributed by atoms with Gasteiger partial charge in [0.1, 0.15) is 12.7 Å². The zero-order valence-corrected chi connectivity index (χ0v) is 9.28. The predicted molar refractivity (Wildman–Crippen MR) is 48.9 cm³/mol. The Kier molecular flexibility index (Phi) is 3.24. The summed E-state index contributed by atoms with van der Waals surface area (Å²) >= 11 is 3.12. The molecule has 0 spiro atoms. The highest BCUT2D eigenvalue weighted by Crippen LogP contribution is 2.26. The molecular weight excluding hydrogens is 261 g/mol. The first-order valence-electron chi connectivity index (χ1n) is 4.02. The standard InChI is InChI=1S/C8H9BrF3N2/c1-5(2)7-6(9)3-13-14(7)4-8(10,11)12/h5H,4H2,1-2H3. The maximum absolute atomic E-state index is 12.1. The van der Waals surface area contributed by atoms with Crippen LogP contribution < -0.4 is 0 Å². The molecule has 0 aliphatic heterocycles. The Morgan fingerprint density at radius 2 is 2.07 bits per heavy atom. The topological polar surface area (TPSA) is 17.8 Å². The Labute approximate surface area is 88.2 Å². The normalized spacial score (nSPS) is 12.5. The number of rotatable bonds is 2. The lowest BCUT2D eigenvalue weighted by molar-refractivity contribution is -0.143. The van der Waals surface area contributed by atoms with Gasteiger partial charge in [-0.1, -0.05) is 13.8 Å². The summed E-state index contributed by atoms with van der Waals surface area (Å²) in [5, 5.41) is 3.55. The van der Waals surface area contributed by atoms with E-state index in [1.165, 1.54) is 0 Å². The largest absolute Gasteiger partial charge is 0.408 e. The molecule has 1 aromatic heterocycles. The van der Waals surface area contributed by atoms with Gasteiger partial charge in [-0.2, -0.15) is 18.3 Å². The molecule has 6 heteroatoms. The first kappa shape index (κ1) is 11.6. The molecule has 0 atom stereocenters. The van der Waals surface area contributed by atoms with Gasteiger partial charge < -0.3 is 0 Å². The van der Waals surface area contributed by atoms with E-state index in [-0.39, 0.29) is 5.92 Å². The monoisotopic (exact) mass is 269 g/mol. The molecule has 1 aromatic rings. The summed E-state index contributed by atoms with van der Waals surface area (Å²) in [7, 11) is 0. The maximum Gasteiger partial charge on any atom is 0.408 e. The van der Waals surface area contributed by atoms with E-state index in [4.69, 9.17) is 0 Å². The molecule has 0 N–H and O–H groups in total. The molecule has 0 aromatic carbocycles. The van der Waals surface area contributed by atoms with Crippen LogP contribution in [-0.2, 0) is 6.54 Å². The van der Waals surface area contributed by atoms with Gasteiger partial charge in [-0.15, -0.1) is 0 Å². The molecule has 1 rings (SSSR count). The van der Waals surface area contributed by atoms with Crippen LogP contribution in [0.15, 0.2) is 4.47 Å². The van der Waals surface area contributed by atoms with Crippen LogP contribution in [0, 0.1) is 6.20 Å². The SMILES string of the molecule is CC(C)c1c(Br)[c]nn1CC(F)(F)F. The summed E-state index contributed by atoms with van der Waals surface area (Å²) in [6.07, 6.45) is -1.78. The lowest BCUT2D eigenvalue weighted by Gasteiger charge is -2.12. The first-order valence-corrected chi connectivity index (χ1v) is 4.81. The Hall–Kier alpha value is -0.520. The minimum Gasteiger partial charge on any atom is -0.258 e.